The molecule has 0 bridgehead atoms. The van der Waals surface area contributed by atoms with Gasteiger partial charge >= 0.3 is 0 Å². The SMILES string of the molecule is COc1ccc([N+](=O)[O-])c(SCC(C)CO)c1. The molecule has 0 aliphatic heterocycles. The van der Waals surface area contributed by atoms with Gasteiger partial charge in [-0.2, -0.15) is 0 Å². The van der Waals surface area contributed by atoms with Gasteiger partial charge in [0.1, 0.15) is 5.75 Å². The maximum Gasteiger partial charge on any atom is 0.283 e. The number of aliphatic hydroxyl groups excluding tert-OH is 1. The lowest BCUT2D eigenvalue weighted by Crippen LogP contribution is -2.03. The summed E-state index contributed by atoms with van der Waals surface area (Å²) in [7, 11) is 1.52. The van der Waals surface area contributed by atoms with Crippen molar-refractivity contribution in [3.8, 4) is 5.75 Å². The Kier molecular flexibility index (Phi) is 5.24. The standard InChI is InChI=1S/C11H15NO4S/c1-8(6-13)7-17-11-5-9(16-2)3-4-10(11)12(14)15/h3-5,8,13H,6-7H2,1-2H3. The number of nitro benzene ring substituents is 1. The molecule has 1 aromatic carbocycles. The molecule has 0 aromatic heterocycles. The van der Waals surface area contributed by atoms with E-state index >= 15 is 0 Å². The smallest absolute Gasteiger partial charge is 0.283 e. The summed E-state index contributed by atoms with van der Waals surface area (Å²) in [5.41, 5.74) is 0.0703. The molecule has 5 nitrogen and oxygen atoms in total. The summed E-state index contributed by atoms with van der Waals surface area (Å²) in [6, 6.07) is 4.65. The van der Waals surface area contributed by atoms with Crippen molar-refractivity contribution in [2.75, 3.05) is 19.5 Å². The van der Waals surface area contributed by atoms with E-state index in [2.05, 4.69) is 0 Å². The van der Waals surface area contributed by atoms with E-state index in [4.69, 9.17) is 9.84 Å². The molecule has 0 heterocycles. The first-order valence-electron chi connectivity index (χ1n) is 5.14. The lowest BCUT2D eigenvalue weighted by molar-refractivity contribution is -0.387. The number of ether oxygens (including phenoxy) is 1. The number of hydrogen-bond acceptors (Lipinski definition) is 5. The average molecular weight is 257 g/mol. The predicted molar refractivity (Wildman–Crippen MR) is 66.6 cm³/mol. The zero-order valence-electron chi connectivity index (χ0n) is 9.75. The first kappa shape index (κ1) is 13.8. The minimum absolute atomic E-state index is 0.0703. The molecule has 17 heavy (non-hydrogen) atoms. The first-order valence-corrected chi connectivity index (χ1v) is 6.13. The fraction of sp³-hybridized carbons (Fsp3) is 0.455. The van der Waals surface area contributed by atoms with Gasteiger partial charge in [-0.3, -0.25) is 10.1 Å². The van der Waals surface area contributed by atoms with E-state index in [-0.39, 0.29) is 18.2 Å². The number of methoxy groups -OCH3 is 1. The number of hydrogen-bond donors (Lipinski definition) is 1. The van der Waals surface area contributed by atoms with Gasteiger partial charge in [-0.25, -0.2) is 0 Å². The van der Waals surface area contributed by atoms with Gasteiger partial charge in [0.25, 0.3) is 5.69 Å². The number of rotatable bonds is 6. The van der Waals surface area contributed by atoms with Crippen LogP contribution in [0.15, 0.2) is 23.1 Å². The van der Waals surface area contributed by atoms with Gasteiger partial charge < -0.3 is 9.84 Å². The zero-order valence-corrected chi connectivity index (χ0v) is 10.6. The summed E-state index contributed by atoms with van der Waals surface area (Å²) in [5, 5.41) is 19.8. The molecule has 1 N–H and O–H groups in total. The third kappa shape index (κ3) is 3.90. The summed E-state index contributed by atoms with van der Waals surface area (Å²) >= 11 is 1.36. The van der Waals surface area contributed by atoms with Crippen LogP contribution in [0.4, 0.5) is 5.69 Å². The number of benzene rings is 1. The summed E-state index contributed by atoms with van der Waals surface area (Å²) in [4.78, 5) is 11.0. The van der Waals surface area contributed by atoms with Crippen LogP contribution in [0, 0.1) is 16.0 Å². The molecular formula is C11H15NO4S. The Morgan fingerprint density at radius 3 is 2.82 bits per heavy atom. The van der Waals surface area contributed by atoms with Crippen molar-refractivity contribution in [2.24, 2.45) is 5.92 Å². The molecule has 0 aliphatic rings. The maximum absolute atomic E-state index is 10.8. The van der Waals surface area contributed by atoms with Crippen LogP contribution in [0.5, 0.6) is 5.75 Å². The minimum atomic E-state index is -0.411. The van der Waals surface area contributed by atoms with Crippen molar-refractivity contribution < 1.29 is 14.8 Å². The Morgan fingerprint density at radius 1 is 1.59 bits per heavy atom. The van der Waals surface area contributed by atoms with Crippen LogP contribution in [-0.2, 0) is 0 Å². The van der Waals surface area contributed by atoms with E-state index in [0.717, 1.165) is 0 Å². The molecule has 0 aliphatic carbocycles. The maximum atomic E-state index is 10.8. The zero-order chi connectivity index (χ0) is 12.8. The van der Waals surface area contributed by atoms with Crippen molar-refractivity contribution >= 4 is 17.4 Å². The van der Waals surface area contributed by atoms with Crippen molar-refractivity contribution in [3.05, 3.63) is 28.3 Å². The molecule has 0 spiro atoms. The van der Waals surface area contributed by atoms with Crippen molar-refractivity contribution in [1.82, 2.24) is 0 Å². The Bertz CT molecular complexity index is 397. The fourth-order valence-corrected chi connectivity index (χ4v) is 2.23. The highest BCUT2D eigenvalue weighted by Gasteiger charge is 2.15. The second-order valence-electron chi connectivity index (χ2n) is 3.69. The Balaban J connectivity index is 2.89. The van der Waals surface area contributed by atoms with Crippen molar-refractivity contribution in [3.63, 3.8) is 0 Å². The van der Waals surface area contributed by atoms with Crippen molar-refractivity contribution in [1.29, 1.82) is 0 Å². The lowest BCUT2D eigenvalue weighted by Gasteiger charge is -2.08. The second-order valence-corrected chi connectivity index (χ2v) is 4.75. The van der Waals surface area contributed by atoms with Gasteiger partial charge in [-0.1, -0.05) is 6.92 Å². The molecule has 0 amide bonds. The van der Waals surface area contributed by atoms with E-state index in [1.807, 2.05) is 6.92 Å². The Hall–Kier alpha value is -1.27. The molecular weight excluding hydrogens is 242 g/mol. The molecule has 0 saturated carbocycles. The molecule has 1 atom stereocenters. The van der Waals surface area contributed by atoms with Crippen LogP contribution in [0.3, 0.4) is 0 Å². The number of nitro groups is 1. The summed E-state index contributed by atoms with van der Waals surface area (Å²) in [5.74, 6) is 1.32. The number of thioether (sulfide) groups is 1. The quantitative estimate of drug-likeness (QED) is 0.481. The van der Waals surface area contributed by atoms with Crippen LogP contribution in [0.2, 0.25) is 0 Å². The van der Waals surface area contributed by atoms with Crippen LogP contribution in [0.25, 0.3) is 0 Å². The predicted octanol–water partition coefficient (Wildman–Crippen LogP) is 2.32. The monoisotopic (exact) mass is 257 g/mol. The Morgan fingerprint density at radius 2 is 2.29 bits per heavy atom. The molecule has 0 saturated heterocycles. The van der Waals surface area contributed by atoms with Crippen LogP contribution < -0.4 is 4.74 Å². The first-order chi connectivity index (χ1) is 8.08. The second kappa shape index (κ2) is 6.46. The summed E-state index contributed by atoms with van der Waals surface area (Å²) in [6.07, 6.45) is 0. The summed E-state index contributed by atoms with van der Waals surface area (Å²) < 4.78 is 5.04. The van der Waals surface area contributed by atoms with E-state index in [9.17, 15) is 10.1 Å². The molecule has 1 unspecified atom stereocenters. The third-order valence-corrected chi connectivity index (χ3v) is 3.57. The van der Waals surface area contributed by atoms with E-state index in [1.54, 1.807) is 12.1 Å². The number of nitrogens with zero attached hydrogens (tertiary/aromatic N) is 1. The van der Waals surface area contributed by atoms with Gasteiger partial charge in [0.2, 0.25) is 0 Å². The van der Waals surface area contributed by atoms with Gasteiger partial charge in [0, 0.05) is 24.5 Å². The largest absolute Gasteiger partial charge is 0.497 e. The fourth-order valence-electron chi connectivity index (χ4n) is 1.17. The van der Waals surface area contributed by atoms with Crippen molar-refractivity contribution in [2.45, 2.75) is 11.8 Å². The molecule has 1 rings (SSSR count). The van der Waals surface area contributed by atoms with Gasteiger partial charge in [-0.05, 0) is 12.0 Å². The molecule has 94 valence electrons. The summed E-state index contributed by atoms with van der Waals surface area (Å²) in [6.45, 7) is 1.96. The van der Waals surface area contributed by atoms with Gasteiger partial charge in [0.15, 0.2) is 0 Å². The van der Waals surface area contributed by atoms with Gasteiger partial charge in [0.05, 0.1) is 16.9 Å². The highest BCUT2D eigenvalue weighted by atomic mass is 32.2. The highest BCUT2D eigenvalue weighted by Crippen LogP contribution is 2.33. The topological polar surface area (TPSA) is 72.6 Å². The van der Waals surface area contributed by atoms with E-state index in [1.165, 1.54) is 24.9 Å². The average Bonchev–Trinajstić information content (AvgIpc) is 2.35. The van der Waals surface area contributed by atoms with Crippen LogP contribution in [-0.4, -0.2) is 29.5 Å². The van der Waals surface area contributed by atoms with Crippen LogP contribution >= 0.6 is 11.8 Å². The minimum Gasteiger partial charge on any atom is -0.497 e. The third-order valence-electron chi connectivity index (χ3n) is 2.20. The Labute approximate surface area is 104 Å². The van der Waals surface area contributed by atoms with E-state index < -0.39 is 4.92 Å². The lowest BCUT2D eigenvalue weighted by atomic mass is 10.2. The van der Waals surface area contributed by atoms with Crippen LogP contribution in [0.1, 0.15) is 6.92 Å². The molecule has 0 fully saturated rings. The van der Waals surface area contributed by atoms with Gasteiger partial charge in [-0.15, -0.1) is 11.8 Å². The number of aliphatic hydroxyl groups is 1. The van der Waals surface area contributed by atoms with E-state index in [0.29, 0.717) is 16.4 Å². The highest BCUT2D eigenvalue weighted by molar-refractivity contribution is 7.99. The molecule has 6 heteroatoms. The normalized spacial score (nSPS) is 12.2. The molecule has 1 aromatic rings. The molecule has 0 radical (unpaired) electrons.